The molecule has 1 aromatic carbocycles. The zero-order valence-electron chi connectivity index (χ0n) is 17.7. The molecule has 0 fully saturated rings. The highest BCUT2D eigenvalue weighted by molar-refractivity contribution is 5.91. The molecule has 31 heavy (non-hydrogen) atoms. The van der Waals surface area contributed by atoms with Crippen molar-refractivity contribution in [1.29, 1.82) is 0 Å². The molecule has 0 aliphatic rings. The molecule has 156 valence electrons. The molecule has 0 saturated heterocycles. The molecule has 0 aliphatic carbocycles. The van der Waals surface area contributed by atoms with Gasteiger partial charge in [0.15, 0.2) is 0 Å². The second-order valence-corrected chi connectivity index (χ2v) is 7.30. The Labute approximate surface area is 180 Å². The first-order valence-corrected chi connectivity index (χ1v) is 9.96. The summed E-state index contributed by atoms with van der Waals surface area (Å²) in [5.41, 5.74) is 6.30. The summed E-state index contributed by atoms with van der Waals surface area (Å²) in [4.78, 5) is 20.5. The van der Waals surface area contributed by atoms with Crippen LogP contribution in [0.15, 0.2) is 65.5 Å². The summed E-state index contributed by atoms with van der Waals surface area (Å²) in [5, 5.41) is 6.70. The molecule has 7 heteroatoms. The Hall–Kier alpha value is -4.00. The van der Waals surface area contributed by atoms with E-state index in [-0.39, 0.29) is 12.5 Å². The van der Waals surface area contributed by atoms with E-state index in [1.807, 2.05) is 13.0 Å². The van der Waals surface area contributed by atoms with E-state index in [0.29, 0.717) is 11.7 Å². The fourth-order valence-corrected chi connectivity index (χ4v) is 3.38. The number of aromatic nitrogens is 4. The zero-order valence-corrected chi connectivity index (χ0v) is 17.7. The fraction of sp³-hybridized carbons (Fsp3) is 0.167. The third-order valence-electron chi connectivity index (χ3n) is 5.00. The Morgan fingerprint density at radius 1 is 1.10 bits per heavy atom. The summed E-state index contributed by atoms with van der Waals surface area (Å²) in [6, 6.07) is 14.0. The van der Waals surface area contributed by atoms with Crippen molar-refractivity contribution in [3.63, 3.8) is 0 Å². The Bertz CT molecular complexity index is 1220. The van der Waals surface area contributed by atoms with Crippen LogP contribution in [-0.2, 0) is 11.3 Å². The third-order valence-corrected chi connectivity index (χ3v) is 5.00. The number of carbonyl (C=O) groups excluding carboxylic acids is 1. The minimum atomic E-state index is -0.233. The Kier molecular flexibility index (Phi) is 5.75. The third kappa shape index (κ3) is 4.61. The fourth-order valence-electron chi connectivity index (χ4n) is 3.38. The van der Waals surface area contributed by atoms with Gasteiger partial charge in [-0.25, -0.2) is 0 Å². The van der Waals surface area contributed by atoms with Gasteiger partial charge >= 0.3 is 0 Å². The maximum Gasteiger partial charge on any atom is 0.246 e. The van der Waals surface area contributed by atoms with E-state index < -0.39 is 0 Å². The number of pyridine rings is 1. The largest absolute Gasteiger partial charge is 0.343 e. The molecule has 4 rings (SSSR count). The average molecular weight is 413 g/mol. The summed E-state index contributed by atoms with van der Waals surface area (Å²) in [6.07, 6.45) is 6.65. The molecule has 7 nitrogen and oxygen atoms in total. The molecule has 4 aromatic rings. The number of nitrogens with zero attached hydrogens (tertiary/aromatic N) is 4. The summed E-state index contributed by atoms with van der Waals surface area (Å²) in [7, 11) is 0. The summed E-state index contributed by atoms with van der Waals surface area (Å²) < 4.78 is 7.38. The number of aryl methyl sites for hydroxylation is 2. The van der Waals surface area contributed by atoms with Crippen molar-refractivity contribution in [1.82, 2.24) is 25.0 Å². The molecule has 3 aromatic heterocycles. The summed E-state index contributed by atoms with van der Waals surface area (Å²) in [6.45, 7) is 6.33. The van der Waals surface area contributed by atoms with Crippen molar-refractivity contribution >= 4 is 12.0 Å². The van der Waals surface area contributed by atoms with E-state index in [1.165, 1.54) is 11.6 Å². The molecule has 0 atom stereocenters. The molecule has 0 radical (unpaired) electrons. The van der Waals surface area contributed by atoms with Gasteiger partial charge < -0.3 is 14.4 Å². The van der Waals surface area contributed by atoms with Gasteiger partial charge in [-0.1, -0.05) is 22.9 Å². The van der Waals surface area contributed by atoms with E-state index >= 15 is 0 Å². The maximum absolute atomic E-state index is 12.3. The van der Waals surface area contributed by atoms with Crippen molar-refractivity contribution in [3.05, 3.63) is 89.3 Å². The lowest BCUT2D eigenvalue weighted by atomic mass is 10.2. The van der Waals surface area contributed by atoms with Gasteiger partial charge in [-0.05, 0) is 62.7 Å². The van der Waals surface area contributed by atoms with Crippen LogP contribution in [0.1, 0.15) is 28.4 Å². The van der Waals surface area contributed by atoms with Crippen molar-refractivity contribution in [2.45, 2.75) is 27.3 Å². The van der Waals surface area contributed by atoms with Gasteiger partial charge in [0.2, 0.25) is 17.6 Å². The van der Waals surface area contributed by atoms with E-state index in [1.54, 1.807) is 24.5 Å². The minimum Gasteiger partial charge on any atom is -0.343 e. The van der Waals surface area contributed by atoms with Gasteiger partial charge in [0.1, 0.15) is 0 Å². The molecule has 0 spiro atoms. The van der Waals surface area contributed by atoms with Gasteiger partial charge in [-0.15, -0.1) is 0 Å². The molecule has 1 N–H and O–H groups in total. The van der Waals surface area contributed by atoms with Gasteiger partial charge in [0, 0.05) is 41.1 Å². The summed E-state index contributed by atoms with van der Waals surface area (Å²) in [5.74, 6) is 0.570. The van der Waals surface area contributed by atoms with Gasteiger partial charge in [0.05, 0.1) is 6.54 Å². The molecule has 0 bridgehead atoms. The Morgan fingerprint density at radius 2 is 1.84 bits per heavy atom. The van der Waals surface area contributed by atoms with Crippen LogP contribution in [0.2, 0.25) is 0 Å². The lowest BCUT2D eigenvalue weighted by molar-refractivity contribution is -0.116. The van der Waals surface area contributed by atoms with Crippen molar-refractivity contribution < 1.29 is 9.32 Å². The van der Waals surface area contributed by atoms with Gasteiger partial charge in [-0.2, -0.15) is 4.98 Å². The topological polar surface area (TPSA) is 85.8 Å². The number of benzene rings is 1. The van der Waals surface area contributed by atoms with Crippen LogP contribution in [0.25, 0.3) is 23.2 Å². The molecule has 0 aliphatic heterocycles. The quantitative estimate of drug-likeness (QED) is 0.479. The van der Waals surface area contributed by atoms with Crippen molar-refractivity contribution in [2.24, 2.45) is 0 Å². The monoisotopic (exact) mass is 413 g/mol. The molecular formula is C24H23N5O2. The highest BCUT2D eigenvalue weighted by Gasteiger charge is 2.11. The lowest BCUT2D eigenvalue weighted by Gasteiger charge is -2.09. The first kappa shape index (κ1) is 20.3. The smallest absolute Gasteiger partial charge is 0.246 e. The average Bonchev–Trinajstić information content (AvgIpc) is 3.36. The number of rotatable bonds is 6. The maximum atomic E-state index is 12.3. The lowest BCUT2D eigenvalue weighted by Crippen LogP contribution is -2.20. The molecule has 0 unspecified atom stereocenters. The Morgan fingerprint density at radius 3 is 2.58 bits per heavy atom. The van der Waals surface area contributed by atoms with Crippen molar-refractivity contribution in [3.8, 4) is 17.1 Å². The molecule has 3 heterocycles. The van der Waals surface area contributed by atoms with Crippen LogP contribution < -0.4 is 5.32 Å². The minimum absolute atomic E-state index is 0.156. The van der Waals surface area contributed by atoms with E-state index in [4.69, 9.17) is 4.52 Å². The first-order valence-electron chi connectivity index (χ1n) is 9.96. The number of nitrogens with one attached hydrogen (secondary N) is 1. The zero-order chi connectivity index (χ0) is 21.8. The van der Waals surface area contributed by atoms with Crippen LogP contribution in [0.5, 0.6) is 0 Å². The number of amides is 1. The predicted molar refractivity (Wildman–Crippen MR) is 118 cm³/mol. The van der Waals surface area contributed by atoms with E-state index in [2.05, 4.69) is 69.2 Å². The molecular weight excluding hydrogens is 390 g/mol. The second kappa shape index (κ2) is 8.79. The van der Waals surface area contributed by atoms with Crippen molar-refractivity contribution in [2.75, 3.05) is 0 Å². The normalized spacial score (nSPS) is 11.2. The first-order chi connectivity index (χ1) is 15.0. The number of carbonyl (C=O) groups is 1. The SMILES string of the molecule is Cc1ccc(-n2c(C)cc(/C=C/C(=O)NCc3nc(-c4ccncc4)no3)c2C)cc1. The van der Waals surface area contributed by atoms with E-state index in [0.717, 1.165) is 28.2 Å². The standard InChI is InChI=1S/C24H23N5O2/c1-16-4-7-21(8-5-16)29-17(2)14-20(18(29)3)6-9-22(30)26-15-23-27-24(28-31-23)19-10-12-25-13-11-19/h4-14H,15H2,1-3H3,(H,26,30)/b9-6+. The van der Waals surface area contributed by atoms with Crippen LogP contribution in [0.3, 0.4) is 0 Å². The van der Waals surface area contributed by atoms with Crippen LogP contribution >= 0.6 is 0 Å². The molecule has 1 amide bonds. The van der Waals surface area contributed by atoms with Crippen LogP contribution in [0, 0.1) is 20.8 Å². The Balaban J connectivity index is 1.40. The molecule has 0 saturated carbocycles. The van der Waals surface area contributed by atoms with Gasteiger partial charge in [-0.3, -0.25) is 9.78 Å². The number of hydrogen-bond acceptors (Lipinski definition) is 5. The predicted octanol–water partition coefficient (Wildman–Crippen LogP) is 4.18. The van der Waals surface area contributed by atoms with Crippen LogP contribution in [0.4, 0.5) is 0 Å². The van der Waals surface area contributed by atoms with Gasteiger partial charge in [0.25, 0.3) is 0 Å². The second-order valence-electron chi connectivity index (χ2n) is 7.30. The van der Waals surface area contributed by atoms with E-state index in [9.17, 15) is 4.79 Å². The highest BCUT2D eigenvalue weighted by Crippen LogP contribution is 2.22. The number of hydrogen-bond donors (Lipinski definition) is 1. The highest BCUT2D eigenvalue weighted by atomic mass is 16.5. The summed E-state index contributed by atoms with van der Waals surface area (Å²) >= 11 is 0. The van der Waals surface area contributed by atoms with Crippen LogP contribution in [-0.4, -0.2) is 25.6 Å².